The molecule has 0 N–H and O–H groups in total. The smallest absolute Gasteiger partial charge is 1.00 e. The molecule has 1 atom stereocenters. The summed E-state index contributed by atoms with van der Waals surface area (Å²) in [7, 11) is 0. The largest absolute Gasteiger partial charge is 1.00 e. The molecule has 0 bridgehead atoms. The van der Waals surface area contributed by atoms with Crippen molar-refractivity contribution in [1.82, 2.24) is 0 Å². The third-order valence-electron chi connectivity index (χ3n) is 10.1. The molecule has 0 aliphatic heterocycles. The van der Waals surface area contributed by atoms with E-state index in [9.17, 15) is 13.2 Å². The van der Waals surface area contributed by atoms with Crippen molar-refractivity contribution in [3.63, 3.8) is 0 Å². The Balaban J connectivity index is 0.000000294. The molecule has 6 heteroatoms. The number of benzene rings is 3. The first-order valence-corrected chi connectivity index (χ1v) is 19.4. The van der Waals surface area contributed by atoms with Crippen LogP contribution in [-0.4, -0.2) is 4.21 Å². The van der Waals surface area contributed by atoms with Crippen molar-refractivity contribution in [3.05, 3.63) is 124 Å². The summed E-state index contributed by atoms with van der Waals surface area (Å²) in [6, 6.07) is 19.1. The standard InChI is InChI=1S/C25H25.C13H21.C7H4F3.CH2.2ClH.Zr/c1-14-12-24(3,4)22-8-16-7-17-9-23-19(15(2)13-25(23,5)6)11-21(17)20(16)10-18(14)22;1-6-10-8-11(7-2)12(9-10)13(3,4)5;8-7(9,10)6-4-2-1-3-5-6;;;;/h7-13H,1-6H3;9-10H,6-7H2,1-5H3;2-5H;1H2;2*1H;/q3*-1;;;;+2/p-2. The third kappa shape index (κ3) is 9.64. The third-order valence-corrected chi connectivity index (χ3v) is 10.1. The summed E-state index contributed by atoms with van der Waals surface area (Å²) in [5, 5.41) is 5.57. The molecule has 0 heterocycles. The van der Waals surface area contributed by atoms with Gasteiger partial charge in [0.1, 0.15) is 0 Å². The Bertz CT molecular complexity index is 1900. The summed E-state index contributed by atoms with van der Waals surface area (Å²) in [5.41, 5.74) is 11.5. The number of rotatable bonds is 2. The van der Waals surface area contributed by atoms with Gasteiger partial charge < -0.3 is 24.8 Å². The van der Waals surface area contributed by atoms with E-state index in [4.69, 9.17) is 0 Å². The second kappa shape index (κ2) is 17.4. The van der Waals surface area contributed by atoms with Crippen molar-refractivity contribution in [3.8, 4) is 0 Å². The zero-order valence-electron chi connectivity index (χ0n) is 32.5. The number of alkyl halides is 3. The van der Waals surface area contributed by atoms with Crippen LogP contribution in [0, 0.1) is 23.5 Å². The molecule has 0 saturated heterocycles. The zero-order valence-corrected chi connectivity index (χ0v) is 36.5. The van der Waals surface area contributed by atoms with Gasteiger partial charge in [-0.3, -0.25) is 6.08 Å². The van der Waals surface area contributed by atoms with Gasteiger partial charge in [-0.1, -0.05) is 127 Å². The predicted molar refractivity (Wildman–Crippen MR) is 206 cm³/mol. The van der Waals surface area contributed by atoms with E-state index in [2.05, 4.69) is 141 Å². The molecule has 0 spiro atoms. The van der Waals surface area contributed by atoms with Crippen molar-refractivity contribution in [2.45, 2.75) is 106 Å². The van der Waals surface area contributed by atoms with Crippen LogP contribution in [0.4, 0.5) is 13.2 Å². The minimum absolute atomic E-state index is 0. The van der Waals surface area contributed by atoms with Crippen LogP contribution in [0.1, 0.15) is 117 Å². The van der Waals surface area contributed by atoms with Gasteiger partial charge in [0.05, 0.1) is 0 Å². The fourth-order valence-electron chi connectivity index (χ4n) is 7.65. The summed E-state index contributed by atoms with van der Waals surface area (Å²) < 4.78 is 38.7. The van der Waals surface area contributed by atoms with Crippen LogP contribution in [0.3, 0.4) is 0 Å². The first-order valence-electron chi connectivity index (χ1n) is 17.6. The van der Waals surface area contributed by atoms with Gasteiger partial charge in [0.25, 0.3) is 0 Å². The Morgan fingerprint density at radius 1 is 0.788 bits per heavy atom. The van der Waals surface area contributed by atoms with Crippen molar-refractivity contribution in [2.75, 3.05) is 0 Å². The number of halogens is 5. The van der Waals surface area contributed by atoms with Crippen LogP contribution in [0.15, 0.2) is 84.0 Å². The zero-order chi connectivity index (χ0) is 37.4. The van der Waals surface area contributed by atoms with Gasteiger partial charge in [-0.05, 0) is 36.1 Å². The average molecular weight is 824 g/mol. The van der Waals surface area contributed by atoms with Crippen LogP contribution >= 0.6 is 0 Å². The quantitative estimate of drug-likeness (QED) is 0.182. The van der Waals surface area contributed by atoms with Gasteiger partial charge in [-0.2, -0.15) is 55.2 Å². The van der Waals surface area contributed by atoms with Crippen molar-refractivity contribution >= 4 is 36.9 Å². The van der Waals surface area contributed by atoms with Gasteiger partial charge in [-0.15, -0.1) is 39.7 Å². The fraction of sp³-hybridized carbons (Fsp3) is 0.391. The molecule has 0 aromatic heterocycles. The molecule has 3 aliphatic carbocycles. The summed E-state index contributed by atoms with van der Waals surface area (Å²) in [5.74, 6) is 0.573. The van der Waals surface area contributed by atoms with Crippen LogP contribution < -0.4 is 24.8 Å². The molecular weight excluding hydrogens is 772 g/mol. The van der Waals surface area contributed by atoms with E-state index in [1.165, 1.54) is 109 Å². The predicted octanol–water partition coefficient (Wildman–Crippen LogP) is 7.72. The van der Waals surface area contributed by atoms with Crippen LogP contribution in [-0.2, 0) is 41.2 Å². The van der Waals surface area contributed by atoms with Gasteiger partial charge >= 0.3 is 34.6 Å². The number of hydrogen-bond acceptors (Lipinski definition) is 0. The minimum atomic E-state index is -4.23. The molecule has 1 unspecified atom stereocenters. The molecule has 4 aromatic rings. The van der Waals surface area contributed by atoms with E-state index in [-0.39, 0.29) is 35.6 Å². The molecule has 278 valence electrons. The normalized spacial score (nSPS) is 17.7. The van der Waals surface area contributed by atoms with Crippen LogP contribution in [0.2, 0.25) is 0 Å². The summed E-state index contributed by atoms with van der Waals surface area (Å²) >= 11 is 1.30. The van der Waals surface area contributed by atoms with Gasteiger partial charge in [0.2, 0.25) is 0 Å². The van der Waals surface area contributed by atoms with E-state index < -0.39 is 11.7 Å². The second-order valence-corrected chi connectivity index (χ2v) is 15.8. The number of hydrogen-bond donors (Lipinski definition) is 0. The molecule has 0 fully saturated rings. The van der Waals surface area contributed by atoms with E-state index in [1.807, 2.05) is 0 Å². The average Bonchev–Trinajstić information content (AvgIpc) is 3.76. The summed E-state index contributed by atoms with van der Waals surface area (Å²) in [6.45, 7) is 25.1. The topological polar surface area (TPSA) is 0 Å². The van der Waals surface area contributed by atoms with E-state index >= 15 is 0 Å². The molecule has 0 saturated carbocycles. The maximum atomic E-state index is 11.8. The Morgan fingerprint density at radius 2 is 1.23 bits per heavy atom. The van der Waals surface area contributed by atoms with Gasteiger partial charge in [-0.25, -0.2) is 5.57 Å². The van der Waals surface area contributed by atoms with Crippen molar-refractivity contribution < 1.29 is 62.2 Å². The minimum Gasteiger partial charge on any atom is -1.00 e. The van der Waals surface area contributed by atoms with Crippen molar-refractivity contribution in [1.29, 1.82) is 0 Å². The Hall–Kier alpha value is -2.39. The first-order chi connectivity index (χ1) is 23.3. The maximum Gasteiger partial charge on any atom is -1.00 e. The molecule has 0 amide bonds. The summed E-state index contributed by atoms with van der Waals surface area (Å²) in [4.78, 5) is 0. The molecule has 52 heavy (non-hydrogen) atoms. The Labute approximate surface area is 338 Å². The van der Waals surface area contributed by atoms with E-state index in [1.54, 1.807) is 0 Å². The molecule has 0 radical (unpaired) electrons. The summed E-state index contributed by atoms with van der Waals surface area (Å²) in [6.07, 6.45) is 8.87. The molecule has 4 aromatic carbocycles. The van der Waals surface area contributed by atoms with Crippen molar-refractivity contribution in [2.24, 2.45) is 11.3 Å². The fourth-order valence-corrected chi connectivity index (χ4v) is 7.65. The SMILES string of the molecule is CC1=CC(C)(C)c2cc3[cH-]c4cc5c(cc4c3cc21)C(C)=CC5(C)C.CCC1=[C-]C(CC)C=C1C(C)(C)C.FC(F)(F)c1cc[c-]cc1.[CH2]=[Zr+2].[Cl-].[Cl-]. The number of allylic oxidation sites excluding steroid dienone is 8. The number of fused-ring (bicyclic) bond motifs is 5. The van der Waals surface area contributed by atoms with Gasteiger partial charge in [0, 0.05) is 10.8 Å². The van der Waals surface area contributed by atoms with Crippen LogP contribution in [0.5, 0.6) is 0 Å². The first kappa shape index (κ1) is 45.8. The molecular formula is C46H52Cl2F3Zr-3. The van der Waals surface area contributed by atoms with Gasteiger partial charge in [0.15, 0.2) is 0 Å². The molecule has 7 rings (SSSR count). The Morgan fingerprint density at radius 3 is 1.56 bits per heavy atom. The van der Waals surface area contributed by atoms with Crippen LogP contribution in [0.25, 0.3) is 32.7 Å². The monoisotopic (exact) mass is 821 g/mol. The molecule has 0 nitrogen and oxygen atoms in total. The van der Waals surface area contributed by atoms with E-state index in [0.717, 1.165) is 18.6 Å². The van der Waals surface area contributed by atoms with E-state index in [0.29, 0.717) is 11.3 Å². The maximum absolute atomic E-state index is 11.8. The Kier molecular flexibility index (Phi) is 15.3. The molecule has 3 aliphatic rings. The second-order valence-electron chi connectivity index (χ2n) is 15.8.